The number of benzene rings is 2. The van der Waals surface area contributed by atoms with Crippen molar-refractivity contribution in [1.29, 1.82) is 0 Å². The van der Waals surface area contributed by atoms with Gasteiger partial charge in [0.15, 0.2) is 17.7 Å². The Bertz CT molecular complexity index is 1320. The summed E-state index contributed by atoms with van der Waals surface area (Å²) in [4.78, 5) is 29.6. The van der Waals surface area contributed by atoms with Crippen molar-refractivity contribution in [2.75, 3.05) is 28.6 Å². The number of fused-ring (bicyclic) bond motifs is 1. The molecule has 184 valence electrons. The molecule has 0 amide bonds. The molecule has 36 heavy (non-hydrogen) atoms. The summed E-state index contributed by atoms with van der Waals surface area (Å²) >= 11 is 0. The summed E-state index contributed by atoms with van der Waals surface area (Å²) in [6, 6.07) is 20.6. The second kappa shape index (κ2) is 9.12. The average molecular weight is 486 g/mol. The highest BCUT2D eigenvalue weighted by atomic mass is 16.6. The Labute approximate surface area is 208 Å². The van der Waals surface area contributed by atoms with E-state index in [1.54, 1.807) is 10.9 Å². The van der Waals surface area contributed by atoms with Gasteiger partial charge >= 0.3 is 5.97 Å². The monoisotopic (exact) mass is 485 g/mol. The van der Waals surface area contributed by atoms with Crippen LogP contribution in [0.5, 0.6) is 0 Å². The number of rotatable bonds is 5. The standard InChI is InChI=1S/C26H27N7O3/c1-17(34)35-21-14-20(36-26(21)33-16-30-22-23(27)28-15-29-24(22)33)25-31(18-8-4-2-5-9-18)12-13-32(25)19-10-6-3-7-11-19/h2-11,15-16,20-21,25-26H,12-14H2,1H3,(H2,27,28,29)/t20-,21+,26+/m0/s1. The highest BCUT2D eigenvalue weighted by Gasteiger charge is 2.48. The van der Waals surface area contributed by atoms with E-state index >= 15 is 0 Å². The number of imidazole rings is 1. The predicted molar refractivity (Wildman–Crippen MR) is 135 cm³/mol. The number of nitrogen functional groups attached to an aromatic ring is 1. The van der Waals surface area contributed by atoms with E-state index in [-0.39, 0.29) is 18.2 Å². The van der Waals surface area contributed by atoms with Gasteiger partial charge < -0.3 is 25.0 Å². The number of para-hydroxylation sites is 2. The smallest absolute Gasteiger partial charge is 0.303 e. The van der Waals surface area contributed by atoms with Gasteiger partial charge in [-0.2, -0.15) is 0 Å². The van der Waals surface area contributed by atoms with Crippen LogP contribution in [0.25, 0.3) is 11.2 Å². The fourth-order valence-electron chi connectivity index (χ4n) is 5.33. The van der Waals surface area contributed by atoms with Crippen molar-refractivity contribution < 1.29 is 14.3 Å². The first-order valence-electron chi connectivity index (χ1n) is 12.0. The number of carbonyl (C=O) groups is 1. The molecule has 2 N–H and O–H groups in total. The normalized spacial score (nSPS) is 22.4. The molecule has 4 aromatic rings. The quantitative estimate of drug-likeness (QED) is 0.426. The Balaban J connectivity index is 1.39. The maximum absolute atomic E-state index is 12.1. The maximum Gasteiger partial charge on any atom is 0.303 e. The zero-order chi connectivity index (χ0) is 24.6. The van der Waals surface area contributed by atoms with Gasteiger partial charge in [-0.1, -0.05) is 36.4 Å². The molecule has 2 aromatic heterocycles. The number of anilines is 3. The van der Waals surface area contributed by atoms with Gasteiger partial charge in [0.2, 0.25) is 0 Å². The fraction of sp³-hybridized carbons (Fsp3) is 0.308. The van der Waals surface area contributed by atoms with Crippen LogP contribution in [0.2, 0.25) is 0 Å². The van der Waals surface area contributed by atoms with Gasteiger partial charge in [0, 0.05) is 37.8 Å². The van der Waals surface area contributed by atoms with E-state index in [2.05, 4.69) is 49.0 Å². The Morgan fingerprint density at radius 1 is 0.972 bits per heavy atom. The third-order valence-electron chi connectivity index (χ3n) is 6.80. The fourth-order valence-corrected chi connectivity index (χ4v) is 5.33. The number of nitrogens with two attached hydrogens (primary N) is 1. The van der Waals surface area contributed by atoms with E-state index in [0.29, 0.717) is 23.4 Å². The first kappa shape index (κ1) is 22.3. The highest BCUT2D eigenvalue weighted by molar-refractivity contribution is 5.81. The molecule has 2 fully saturated rings. The molecule has 0 saturated carbocycles. The molecule has 2 aromatic carbocycles. The number of nitrogens with zero attached hydrogens (tertiary/aromatic N) is 6. The largest absolute Gasteiger partial charge is 0.458 e. The van der Waals surface area contributed by atoms with Gasteiger partial charge in [0.05, 0.1) is 6.33 Å². The van der Waals surface area contributed by atoms with Crippen molar-refractivity contribution >= 4 is 34.3 Å². The van der Waals surface area contributed by atoms with Crippen molar-refractivity contribution in [2.45, 2.75) is 37.9 Å². The summed E-state index contributed by atoms with van der Waals surface area (Å²) in [5.74, 6) is -0.0716. The molecule has 0 unspecified atom stereocenters. The summed E-state index contributed by atoms with van der Waals surface area (Å²) in [6.07, 6.45) is 2.05. The summed E-state index contributed by atoms with van der Waals surface area (Å²) in [6.45, 7) is 3.09. The minimum absolute atomic E-state index is 0.104. The van der Waals surface area contributed by atoms with Crippen molar-refractivity contribution in [3.63, 3.8) is 0 Å². The Morgan fingerprint density at radius 2 is 1.61 bits per heavy atom. The number of hydrogen-bond donors (Lipinski definition) is 1. The maximum atomic E-state index is 12.1. The first-order valence-corrected chi connectivity index (χ1v) is 12.0. The molecular weight excluding hydrogens is 458 g/mol. The molecule has 3 atom stereocenters. The van der Waals surface area contributed by atoms with Crippen molar-refractivity contribution in [2.24, 2.45) is 0 Å². The van der Waals surface area contributed by atoms with Crippen molar-refractivity contribution in [3.8, 4) is 0 Å². The Kier molecular flexibility index (Phi) is 5.65. The molecule has 0 radical (unpaired) electrons. The van der Waals surface area contributed by atoms with Gasteiger partial charge in [-0.25, -0.2) is 15.0 Å². The van der Waals surface area contributed by atoms with E-state index in [1.165, 1.54) is 13.3 Å². The van der Waals surface area contributed by atoms with Gasteiger partial charge in [-0.05, 0) is 24.3 Å². The molecule has 2 saturated heterocycles. The molecule has 2 aliphatic heterocycles. The third kappa shape index (κ3) is 3.89. The lowest BCUT2D eigenvalue weighted by molar-refractivity contribution is -0.152. The minimum atomic E-state index is -0.603. The number of carbonyl (C=O) groups excluding carboxylic acids is 1. The van der Waals surface area contributed by atoms with Gasteiger partial charge in [-0.3, -0.25) is 9.36 Å². The lowest BCUT2D eigenvalue weighted by Crippen LogP contribution is -2.48. The zero-order valence-electron chi connectivity index (χ0n) is 19.8. The predicted octanol–water partition coefficient (Wildman–Crippen LogP) is 2.98. The Hall–Kier alpha value is -4.18. The summed E-state index contributed by atoms with van der Waals surface area (Å²) in [5, 5.41) is 0. The number of hydrogen-bond acceptors (Lipinski definition) is 9. The molecule has 4 heterocycles. The van der Waals surface area contributed by atoms with E-state index in [4.69, 9.17) is 15.2 Å². The SMILES string of the molecule is CC(=O)O[C@@H]1C[C@@H](C2N(c3ccccc3)CCN2c2ccccc2)O[C@H]1n1cnc2c(N)ncnc21. The third-order valence-corrected chi connectivity index (χ3v) is 6.80. The van der Waals surface area contributed by atoms with Crippen LogP contribution in [-0.4, -0.2) is 57.0 Å². The van der Waals surface area contributed by atoms with E-state index in [0.717, 1.165) is 24.5 Å². The molecule has 2 aliphatic rings. The van der Waals surface area contributed by atoms with Gasteiger partial charge in [-0.15, -0.1) is 0 Å². The summed E-state index contributed by atoms with van der Waals surface area (Å²) in [7, 11) is 0. The molecule has 10 nitrogen and oxygen atoms in total. The van der Waals surface area contributed by atoms with Crippen molar-refractivity contribution in [1.82, 2.24) is 19.5 Å². The Morgan fingerprint density at radius 3 is 2.22 bits per heavy atom. The minimum Gasteiger partial charge on any atom is -0.458 e. The van der Waals surface area contributed by atoms with E-state index < -0.39 is 12.3 Å². The van der Waals surface area contributed by atoms with Crippen LogP contribution < -0.4 is 15.5 Å². The summed E-state index contributed by atoms with van der Waals surface area (Å²) < 4.78 is 14.3. The van der Waals surface area contributed by atoms with Crippen LogP contribution in [0.3, 0.4) is 0 Å². The van der Waals surface area contributed by atoms with E-state index in [9.17, 15) is 4.79 Å². The van der Waals surface area contributed by atoms with Gasteiger partial charge in [0.25, 0.3) is 0 Å². The average Bonchev–Trinajstić information content (AvgIpc) is 3.62. The molecular formula is C26H27N7O3. The number of esters is 1. The molecule has 0 aliphatic carbocycles. The van der Waals surface area contributed by atoms with Crippen LogP contribution in [0.15, 0.2) is 73.3 Å². The van der Waals surface area contributed by atoms with Crippen molar-refractivity contribution in [3.05, 3.63) is 73.3 Å². The van der Waals surface area contributed by atoms with Crippen LogP contribution in [0.1, 0.15) is 19.6 Å². The van der Waals surface area contributed by atoms with E-state index in [1.807, 2.05) is 36.4 Å². The van der Waals surface area contributed by atoms with Crippen LogP contribution >= 0.6 is 0 Å². The lowest BCUT2D eigenvalue weighted by atomic mass is 10.1. The highest BCUT2D eigenvalue weighted by Crippen LogP contribution is 2.40. The topological polar surface area (TPSA) is 112 Å². The second-order valence-electron chi connectivity index (χ2n) is 9.00. The second-order valence-corrected chi connectivity index (χ2v) is 9.00. The van der Waals surface area contributed by atoms with Gasteiger partial charge in [0.1, 0.15) is 30.2 Å². The molecule has 0 bridgehead atoms. The lowest BCUT2D eigenvalue weighted by Gasteiger charge is -2.36. The molecule has 6 rings (SSSR count). The number of ether oxygens (including phenoxy) is 2. The molecule has 10 heteroatoms. The zero-order valence-corrected chi connectivity index (χ0v) is 19.8. The molecule has 0 spiro atoms. The van der Waals surface area contributed by atoms with Crippen LogP contribution in [-0.2, 0) is 14.3 Å². The van der Waals surface area contributed by atoms with Crippen LogP contribution in [0, 0.1) is 0 Å². The summed E-state index contributed by atoms with van der Waals surface area (Å²) in [5.41, 5.74) is 9.27. The number of aromatic nitrogens is 4. The van der Waals surface area contributed by atoms with Crippen LogP contribution in [0.4, 0.5) is 17.2 Å². The first-order chi connectivity index (χ1) is 17.6.